The standard InChI is InChI=1S/C10H13N3S/c1-7-8(6-11)9(14-13-7)12-10(2)4-3-5-10/h12H,3-5H2,1-2H3. The molecule has 0 aliphatic heterocycles. The maximum absolute atomic E-state index is 8.95. The molecule has 2 rings (SSSR count). The molecular weight excluding hydrogens is 194 g/mol. The van der Waals surface area contributed by atoms with Gasteiger partial charge in [0.05, 0.1) is 5.69 Å². The average Bonchev–Trinajstić information content (AvgIpc) is 2.44. The zero-order valence-electron chi connectivity index (χ0n) is 8.42. The summed E-state index contributed by atoms with van der Waals surface area (Å²) in [5.41, 5.74) is 1.75. The molecule has 4 heteroatoms. The molecule has 0 radical (unpaired) electrons. The molecule has 74 valence electrons. The van der Waals surface area contributed by atoms with Gasteiger partial charge in [0.15, 0.2) is 0 Å². The van der Waals surface area contributed by atoms with Gasteiger partial charge in [-0.15, -0.1) is 0 Å². The van der Waals surface area contributed by atoms with Gasteiger partial charge in [-0.05, 0) is 44.6 Å². The van der Waals surface area contributed by atoms with E-state index in [1.54, 1.807) is 0 Å². The van der Waals surface area contributed by atoms with Gasteiger partial charge in [0, 0.05) is 5.54 Å². The number of nitrogens with zero attached hydrogens (tertiary/aromatic N) is 2. The zero-order valence-corrected chi connectivity index (χ0v) is 9.24. The lowest BCUT2D eigenvalue weighted by Crippen LogP contribution is -2.41. The van der Waals surface area contributed by atoms with E-state index in [2.05, 4.69) is 22.7 Å². The molecule has 0 aromatic carbocycles. The minimum absolute atomic E-state index is 0.199. The van der Waals surface area contributed by atoms with Crippen LogP contribution in [0.5, 0.6) is 0 Å². The van der Waals surface area contributed by atoms with E-state index >= 15 is 0 Å². The molecule has 1 aromatic rings. The van der Waals surface area contributed by atoms with Gasteiger partial charge in [-0.1, -0.05) is 0 Å². The van der Waals surface area contributed by atoms with Crippen molar-refractivity contribution in [2.75, 3.05) is 5.32 Å². The highest BCUT2D eigenvalue weighted by Crippen LogP contribution is 2.37. The van der Waals surface area contributed by atoms with Gasteiger partial charge in [-0.2, -0.15) is 9.64 Å². The lowest BCUT2D eigenvalue weighted by molar-refractivity contribution is 0.307. The molecule has 14 heavy (non-hydrogen) atoms. The quantitative estimate of drug-likeness (QED) is 0.811. The fraction of sp³-hybridized carbons (Fsp3) is 0.600. The number of aromatic nitrogens is 1. The smallest absolute Gasteiger partial charge is 0.128 e. The van der Waals surface area contributed by atoms with Crippen molar-refractivity contribution in [3.8, 4) is 6.07 Å². The number of nitrogens with one attached hydrogen (secondary N) is 1. The van der Waals surface area contributed by atoms with E-state index in [0.29, 0.717) is 5.56 Å². The Balaban J connectivity index is 2.21. The monoisotopic (exact) mass is 207 g/mol. The van der Waals surface area contributed by atoms with Crippen LogP contribution in [0.3, 0.4) is 0 Å². The average molecular weight is 207 g/mol. The maximum atomic E-state index is 8.95. The van der Waals surface area contributed by atoms with Crippen LogP contribution in [0.1, 0.15) is 37.4 Å². The molecule has 1 aliphatic carbocycles. The fourth-order valence-electron chi connectivity index (χ4n) is 1.69. The first-order chi connectivity index (χ1) is 6.64. The molecule has 1 saturated carbocycles. The second-order valence-electron chi connectivity index (χ2n) is 4.12. The largest absolute Gasteiger partial charge is 0.369 e. The van der Waals surface area contributed by atoms with Gasteiger partial charge in [0.1, 0.15) is 16.6 Å². The molecule has 0 amide bonds. The third-order valence-corrected chi connectivity index (χ3v) is 3.70. The number of aryl methyl sites for hydroxylation is 1. The number of hydrogen-bond donors (Lipinski definition) is 1. The fourth-order valence-corrected chi connectivity index (χ4v) is 2.59. The van der Waals surface area contributed by atoms with Gasteiger partial charge in [0.25, 0.3) is 0 Å². The lowest BCUT2D eigenvalue weighted by atomic mass is 9.78. The highest BCUT2D eigenvalue weighted by atomic mass is 32.1. The molecule has 0 bridgehead atoms. The summed E-state index contributed by atoms with van der Waals surface area (Å²) in [7, 11) is 0. The third kappa shape index (κ3) is 1.48. The summed E-state index contributed by atoms with van der Waals surface area (Å²) in [6.45, 7) is 4.08. The second-order valence-corrected chi connectivity index (χ2v) is 4.90. The molecule has 1 fully saturated rings. The Labute approximate surface area is 87.9 Å². The number of rotatable bonds is 2. The first kappa shape index (κ1) is 9.47. The summed E-state index contributed by atoms with van der Waals surface area (Å²) in [6, 6.07) is 2.20. The van der Waals surface area contributed by atoms with Gasteiger partial charge in [0.2, 0.25) is 0 Å². The Morgan fingerprint density at radius 1 is 1.57 bits per heavy atom. The predicted octanol–water partition coefficient (Wildman–Crippen LogP) is 2.68. The number of hydrogen-bond acceptors (Lipinski definition) is 4. The third-order valence-electron chi connectivity index (χ3n) is 2.85. The molecule has 1 aliphatic rings. The Morgan fingerprint density at radius 2 is 2.29 bits per heavy atom. The van der Waals surface area contributed by atoms with E-state index < -0.39 is 0 Å². The maximum Gasteiger partial charge on any atom is 0.128 e. The Kier molecular flexibility index (Phi) is 2.20. The Morgan fingerprint density at radius 3 is 2.79 bits per heavy atom. The van der Waals surface area contributed by atoms with Crippen molar-refractivity contribution in [2.24, 2.45) is 0 Å². The zero-order chi connectivity index (χ0) is 10.2. The van der Waals surface area contributed by atoms with Gasteiger partial charge in [-0.3, -0.25) is 0 Å². The Bertz CT molecular complexity index is 385. The van der Waals surface area contributed by atoms with Crippen LogP contribution in [-0.2, 0) is 0 Å². The van der Waals surface area contributed by atoms with Crippen LogP contribution in [0.4, 0.5) is 5.00 Å². The van der Waals surface area contributed by atoms with E-state index in [1.807, 2.05) is 6.92 Å². The van der Waals surface area contributed by atoms with Crippen molar-refractivity contribution in [1.82, 2.24) is 4.37 Å². The van der Waals surface area contributed by atoms with E-state index in [1.165, 1.54) is 30.8 Å². The van der Waals surface area contributed by atoms with Crippen LogP contribution in [0.2, 0.25) is 0 Å². The van der Waals surface area contributed by atoms with Crippen LogP contribution in [0, 0.1) is 18.3 Å². The first-order valence-corrected chi connectivity index (χ1v) is 5.56. The van der Waals surface area contributed by atoms with Crippen molar-refractivity contribution in [3.05, 3.63) is 11.3 Å². The molecule has 0 saturated heterocycles. The topological polar surface area (TPSA) is 48.7 Å². The van der Waals surface area contributed by atoms with Crippen molar-refractivity contribution >= 4 is 16.5 Å². The van der Waals surface area contributed by atoms with Crippen LogP contribution in [0.25, 0.3) is 0 Å². The summed E-state index contributed by atoms with van der Waals surface area (Å²) in [5.74, 6) is 0. The summed E-state index contributed by atoms with van der Waals surface area (Å²) in [5, 5.41) is 13.3. The molecule has 1 N–H and O–H groups in total. The SMILES string of the molecule is Cc1nsc(NC2(C)CCC2)c1C#N. The molecule has 0 atom stereocenters. The predicted molar refractivity (Wildman–Crippen MR) is 57.4 cm³/mol. The number of anilines is 1. The molecule has 0 unspecified atom stereocenters. The highest BCUT2D eigenvalue weighted by molar-refractivity contribution is 7.10. The summed E-state index contributed by atoms with van der Waals surface area (Å²) in [6.07, 6.45) is 3.66. The number of nitriles is 1. The molecule has 3 nitrogen and oxygen atoms in total. The molecular formula is C10H13N3S. The van der Waals surface area contributed by atoms with Crippen LogP contribution >= 0.6 is 11.5 Å². The first-order valence-electron chi connectivity index (χ1n) is 4.79. The van der Waals surface area contributed by atoms with Gasteiger partial charge in [-0.25, -0.2) is 0 Å². The minimum atomic E-state index is 0.199. The van der Waals surface area contributed by atoms with Crippen molar-refractivity contribution < 1.29 is 0 Å². The van der Waals surface area contributed by atoms with Crippen molar-refractivity contribution in [2.45, 2.75) is 38.6 Å². The summed E-state index contributed by atoms with van der Waals surface area (Å²) < 4.78 is 4.19. The lowest BCUT2D eigenvalue weighted by Gasteiger charge is -2.39. The van der Waals surface area contributed by atoms with Crippen LogP contribution < -0.4 is 5.32 Å². The molecule has 1 aromatic heterocycles. The highest BCUT2D eigenvalue weighted by Gasteiger charge is 2.32. The van der Waals surface area contributed by atoms with E-state index in [9.17, 15) is 0 Å². The summed E-state index contributed by atoms with van der Waals surface area (Å²) in [4.78, 5) is 0. The van der Waals surface area contributed by atoms with E-state index in [0.717, 1.165) is 10.7 Å². The van der Waals surface area contributed by atoms with Crippen LogP contribution in [-0.4, -0.2) is 9.91 Å². The van der Waals surface area contributed by atoms with Gasteiger partial charge >= 0.3 is 0 Å². The van der Waals surface area contributed by atoms with Crippen LogP contribution in [0.15, 0.2) is 0 Å². The molecule has 0 spiro atoms. The summed E-state index contributed by atoms with van der Waals surface area (Å²) >= 11 is 1.39. The minimum Gasteiger partial charge on any atom is -0.369 e. The van der Waals surface area contributed by atoms with Crippen molar-refractivity contribution in [1.29, 1.82) is 5.26 Å². The van der Waals surface area contributed by atoms with Crippen molar-refractivity contribution in [3.63, 3.8) is 0 Å². The van der Waals surface area contributed by atoms with E-state index in [4.69, 9.17) is 5.26 Å². The van der Waals surface area contributed by atoms with E-state index in [-0.39, 0.29) is 5.54 Å². The Hall–Kier alpha value is -1.08. The van der Waals surface area contributed by atoms with Gasteiger partial charge < -0.3 is 5.32 Å². The molecule has 1 heterocycles. The normalized spacial score (nSPS) is 18.4. The second kappa shape index (κ2) is 3.25.